The number of halogens is 1. The summed E-state index contributed by atoms with van der Waals surface area (Å²) < 4.78 is 2.84. The minimum absolute atomic E-state index is 0.0190. The minimum atomic E-state index is 0.0190. The van der Waals surface area contributed by atoms with Crippen LogP contribution in [0, 0.1) is 12.8 Å². The fraction of sp³-hybridized carbons (Fsp3) is 0.421. The average molecular weight is 419 g/mol. The molecule has 0 spiro atoms. The largest absolute Gasteiger partial charge is 0.331 e. The van der Waals surface area contributed by atoms with E-state index in [9.17, 15) is 4.79 Å². The van der Waals surface area contributed by atoms with E-state index < -0.39 is 0 Å². The Labute approximate surface area is 162 Å². The third-order valence-corrected chi connectivity index (χ3v) is 5.39. The van der Waals surface area contributed by atoms with Crippen LogP contribution in [0.5, 0.6) is 0 Å². The fourth-order valence-corrected chi connectivity index (χ4v) is 3.62. The van der Waals surface area contributed by atoms with Gasteiger partial charge >= 0.3 is 0 Å². The van der Waals surface area contributed by atoms with Crippen LogP contribution in [0.4, 0.5) is 0 Å². The van der Waals surface area contributed by atoms with Crippen molar-refractivity contribution < 1.29 is 9.69 Å². The fourth-order valence-electron chi connectivity index (χ4n) is 3.36. The normalized spacial score (nSPS) is 20.4. The van der Waals surface area contributed by atoms with Gasteiger partial charge in [-0.3, -0.25) is 9.48 Å². The van der Waals surface area contributed by atoms with Crippen molar-refractivity contribution in [2.75, 3.05) is 13.1 Å². The van der Waals surface area contributed by atoms with Gasteiger partial charge in [0.15, 0.2) is 0 Å². The van der Waals surface area contributed by atoms with Crippen molar-refractivity contribution in [2.45, 2.75) is 26.3 Å². The maximum absolute atomic E-state index is 12.3. The molecule has 1 aliphatic heterocycles. The monoisotopic (exact) mass is 418 g/mol. The number of benzene rings is 1. The molecule has 6 nitrogen and oxygen atoms in total. The molecule has 1 fully saturated rings. The van der Waals surface area contributed by atoms with E-state index in [-0.39, 0.29) is 11.8 Å². The number of hydrogen-bond donors (Lipinski definition) is 2. The lowest BCUT2D eigenvalue weighted by Gasteiger charge is -2.28. The lowest BCUT2D eigenvalue weighted by molar-refractivity contribution is -0.919. The molecule has 1 aliphatic rings. The van der Waals surface area contributed by atoms with Gasteiger partial charge in [-0.2, -0.15) is 10.2 Å². The number of carbonyl (C=O) groups is 1. The van der Waals surface area contributed by atoms with Gasteiger partial charge in [0.1, 0.15) is 6.54 Å². The van der Waals surface area contributed by atoms with E-state index in [4.69, 9.17) is 0 Å². The van der Waals surface area contributed by atoms with Crippen LogP contribution in [-0.4, -0.2) is 35.0 Å². The Morgan fingerprint density at radius 2 is 2.08 bits per heavy atom. The van der Waals surface area contributed by atoms with Gasteiger partial charge in [0.05, 0.1) is 30.9 Å². The number of nitrogens with zero attached hydrogens (tertiary/aromatic N) is 3. The number of aromatic nitrogens is 2. The zero-order valence-corrected chi connectivity index (χ0v) is 16.8. The SMILES string of the molecule is Cc1nn(C)cc1/C=N\NC(=O)C1CC[NH+](Cc2ccc(Br)cc2)CC1. The Bertz CT molecular complexity index is 776. The van der Waals surface area contributed by atoms with Crippen LogP contribution in [0.2, 0.25) is 0 Å². The number of quaternary nitrogens is 1. The maximum atomic E-state index is 12.3. The van der Waals surface area contributed by atoms with Gasteiger partial charge in [0.2, 0.25) is 5.91 Å². The van der Waals surface area contributed by atoms with E-state index in [2.05, 4.69) is 55.8 Å². The van der Waals surface area contributed by atoms with E-state index in [0.29, 0.717) is 0 Å². The summed E-state index contributed by atoms with van der Waals surface area (Å²) in [6, 6.07) is 8.48. The third kappa shape index (κ3) is 5.02. The van der Waals surface area contributed by atoms with Crippen LogP contribution in [0.15, 0.2) is 40.0 Å². The van der Waals surface area contributed by atoms with E-state index in [0.717, 1.165) is 48.2 Å². The Hall–Kier alpha value is -1.99. The topological polar surface area (TPSA) is 63.7 Å². The van der Waals surface area contributed by atoms with Crippen LogP contribution in [0.25, 0.3) is 0 Å². The number of likely N-dealkylation sites (tertiary alicyclic amines) is 1. The maximum Gasteiger partial charge on any atom is 0.243 e. The Balaban J connectivity index is 1.44. The van der Waals surface area contributed by atoms with Crippen LogP contribution >= 0.6 is 15.9 Å². The number of hydrogen-bond acceptors (Lipinski definition) is 3. The number of aryl methyl sites for hydroxylation is 2. The summed E-state index contributed by atoms with van der Waals surface area (Å²) in [5.74, 6) is 0.0706. The molecular weight excluding hydrogens is 394 g/mol. The summed E-state index contributed by atoms with van der Waals surface area (Å²) in [5.41, 5.74) is 5.84. The van der Waals surface area contributed by atoms with Gasteiger partial charge in [-0.05, 0) is 19.1 Å². The van der Waals surface area contributed by atoms with Crippen molar-refractivity contribution in [1.29, 1.82) is 0 Å². The molecule has 0 atom stereocenters. The summed E-state index contributed by atoms with van der Waals surface area (Å²) in [6.07, 6.45) is 5.35. The summed E-state index contributed by atoms with van der Waals surface area (Å²) in [5, 5.41) is 8.35. The summed E-state index contributed by atoms with van der Waals surface area (Å²) in [7, 11) is 1.87. The first kappa shape index (κ1) is 18.8. The molecule has 1 amide bonds. The van der Waals surface area contributed by atoms with Crippen molar-refractivity contribution in [3.63, 3.8) is 0 Å². The van der Waals surface area contributed by atoms with Gasteiger partial charge in [-0.25, -0.2) is 5.43 Å². The molecule has 0 unspecified atom stereocenters. The number of nitrogens with one attached hydrogen (secondary N) is 2. The predicted octanol–water partition coefficient (Wildman–Crippen LogP) is 1.44. The molecule has 0 radical (unpaired) electrons. The average Bonchev–Trinajstić information content (AvgIpc) is 2.95. The van der Waals surface area contributed by atoms with Crippen molar-refractivity contribution in [3.05, 3.63) is 51.8 Å². The first-order valence-corrected chi connectivity index (χ1v) is 9.72. The van der Waals surface area contributed by atoms with Crippen LogP contribution < -0.4 is 10.3 Å². The van der Waals surface area contributed by atoms with Gasteiger partial charge in [-0.1, -0.05) is 28.1 Å². The molecule has 2 N–H and O–H groups in total. The molecule has 0 bridgehead atoms. The molecular formula is C19H25BrN5O+. The second kappa shape index (κ2) is 8.60. The number of rotatable bonds is 5. The summed E-state index contributed by atoms with van der Waals surface area (Å²) in [6.45, 7) is 4.96. The summed E-state index contributed by atoms with van der Waals surface area (Å²) in [4.78, 5) is 13.9. The third-order valence-electron chi connectivity index (χ3n) is 4.86. The minimum Gasteiger partial charge on any atom is -0.331 e. The number of piperidine rings is 1. The van der Waals surface area contributed by atoms with Gasteiger partial charge < -0.3 is 4.90 Å². The molecule has 2 aromatic rings. The number of carbonyl (C=O) groups excluding carboxylic acids is 1. The van der Waals surface area contributed by atoms with Crippen LogP contribution in [0.3, 0.4) is 0 Å². The first-order valence-electron chi connectivity index (χ1n) is 8.92. The lowest BCUT2D eigenvalue weighted by Crippen LogP contribution is -3.11. The lowest BCUT2D eigenvalue weighted by atomic mass is 9.96. The second-order valence-electron chi connectivity index (χ2n) is 6.91. The quantitative estimate of drug-likeness (QED) is 0.569. The van der Waals surface area contributed by atoms with E-state index in [1.165, 1.54) is 10.5 Å². The van der Waals surface area contributed by atoms with E-state index in [1.807, 2.05) is 20.2 Å². The highest BCUT2D eigenvalue weighted by Gasteiger charge is 2.27. The highest BCUT2D eigenvalue weighted by Crippen LogP contribution is 2.12. The van der Waals surface area contributed by atoms with Crippen LogP contribution in [-0.2, 0) is 18.4 Å². The molecule has 26 heavy (non-hydrogen) atoms. The number of hydrazone groups is 1. The molecule has 1 aromatic carbocycles. The van der Waals surface area contributed by atoms with Crippen molar-refractivity contribution >= 4 is 28.1 Å². The molecule has 0 saturated carbocycles. The summed E-state index contributed by atoms with van der Waals surface area (Å²) >= 11 is 3.47. The Morgan fingerprint density at radius 3 is 2.69 bits per heavy atom. The smallest absolute Gasteiger partial charge is 0.243 e. The number of amides is 1. The Kier molecular flexibility index (Phi) is 6.21. The molecule has 3 rings (SSSR count). The highest BCUT2D eigenvalue weighted by molar-refractivity contribution is 9.10. The second-order valence-corrected chi connectivity index (χ2v) is 7.82. The standard InChI is InChI=1S/C19H24BrN5O/c1-14-17(13-24(2)23-14)11-21-22-19(26)16-7-9-25(10-8-16)12-15-3-5-18(20)6-4-15/h3-6,11,13,16H,7-10,12H2,1-2H3,(H,22,26)/p+1/b21-11-. The van der Waals surface area contributed by atoms with Crippen LogP contribution in [0.1, 0.15) is 29.7 Å². The Morgan fingerprint density at radius 1 is 1.38 bits per heavy atom. The highest BCUT2D eigenvalue weighted by atomic mass is 79.9. The molecule has 1 saturated heterocycles. The molecule has 138 valence electrons. The predicted molar refractivity (Wildman–Crippen MR) is 105 cm³/mol. The first-order chi connectivity index (χ1) is 12.5. The van der Waals surface area contributed by atoms with Gasteiger partial charge in [-0.15, -0.1) is 0 Å². The van der Waals surface area contributed by atoms with Crippen molar-refractivity contribution in [2.24, 2.45) is 18.1 Å². The van der Waals surface area contributed by atoms with Crippen molar-refractivity contribution in [3.8, 4) is 0 Å². The zero-order valence-electron chi connectivity index (χ0n) is 15.2. The molecule has 1 aromatic heterocycles. The molecule has 2 heterocycles. The molecule has 0 aliphatic carbocycles. The van der Waals surface area contributed by atoms with Gasteiger partial charge in [0, 0.05) is 41.7 Å². The van der Waals surface area contributed by atoms with Crippen molar-refractivity contribution in [1.82, 2.24) is 15.2 Å². The molecule has 7 heteroatoms. The van der Waals surface area contributed by atoms with E-state index >= 15 is 0 Å². The zero-order chi connectivity index (χ0) is 18.5. The van der Waals surface area contributed by atoms with E-state index in [1.54, 1.807) is 10.9 Å². The van der Waals surface area contributed by atoms with Gasteiger partial charge in [0.25, 0.3) is 0 Å².